The third-order valence-electron chi connectivity index (χ3n) is 3.82. The first-order valence-corrected chi connectivity index (χ1v) is 6.51. The van der Waals surface area contributed by atoms with E-state index >= 15 is 0 Å². The van der Waals surface area contributed by atoms with E-state index in [1.165, 1.54) is 12.6 Å². The van der Waals surface area contributed by atoms with Crippen LogP contribution in [0.1, 0.15) is 23.7 Å². The van der Waals surface area contributed by atoms with E-state index in [2.05, 4.69) is 17.2 Å². The zero-order valence-electron chi connectivity index (χ0n) is 10.8. The van der Waals surface area contributed by atoms with Gasteiger partial charge >= 0.3 is 5.97 Å². The molecule has 2 atom stereocenters. The van der Waals surface area contributed by atoms with Crippen LogP contribution < -0.4 is 5.32 Å². The number of rotatable bonds is 4. The molecule has 1 fully saturated rings. The molecule has 1 aromatic carbocycles. The summed E-state index contributed by atoms with van der Waals surface area (Å²) in [5.41, 5.74) is 1.75. The van der Waals surface area contributed by atoms with Gasteiger partial charge in [-0.15, -0.1) is 0 Å². The summed E-state index contributed by atoms with van der Waals surface area (Å²) in [5.74, 6) is 0.465. The smallest absolute Gasteiger partial charge is 0.339 e. The van der Waals surface area contributed by atoms with Gasteiger partial charge in [0, 0.05) is 18.1 Å². The monoisotopic (exact) mass is 256 g/mol. The number of para-hydroxylation sites is 1. The van der Waals surface area contributed by atoms with Crippen molar-refractivity contribution >= 4 is 22.6 Å². The molecule has 2 aromatic rings. The number of aromatic nitrogens is 1. The zero-order chi connectivity index (χ0) is 13.4. The van der Waals surface area contributed by atoms with E-state index in [0.717, 1.165) is 23.4 Å². The van der Waals surface area contributed by atoms with E-state index in [4.69, 9.17) is 0 Å². The summed E-state index contributed by atoms with van der Waals surface area (Å²) in [6, 6.07) is 7.61. The van der Waals surface area contributed by atoms with Crippen LogP contribution in [0.4, 0.5) is 5.69 Å². The Morgan fingerprint density at radius 2 is 2.21 bits per heavy atom. The van der Waals surface area contributed by atoms with Crippen molar-refractivity contribution in [3.63, 3.8) is 0 Å². The van der Waals surface area contributed by atoms with Gasteiger partial charge in [0.05, 0.1) is 11.2 Å². The summed E-state index contributed by atoms with van der Waals surface area (Å²) in [6.07, 6.45) is 2.65. The van der Waals surface area contributed by atoms with Crippen molar-refractivity contribution in [1.29, 1.82) is 0 Å². The highest BCUT2D eigenvalue weighted by atomic mass is 16.4. The molecule has 0 spiro atoms. The lowest BCUT2D eigenvalue weighted by molar-refractivity contribution is 0.0697. The summed E-state index contributed by atoms with van der Waals surface area (Å²) in [4.78, 5) is 15.5. The van der Waals surface area contributed by atoms with Crippen LogP contribution in [0.2, 0.25) is 0 Å². The average Bonchev–Trinajstić information content (AvgIpc) is 3.11. The molecular formula is C15H16N2O2. The molecule has 98 valence electrons. The lowest BCUT2D eigenvalue weighted by atomic mass is 10.1. The van der Waals surface area contributed by atoms with Crippen LogP contribution in [0, 0.1) is 11.8 Å². The molecule has 4 heteroatoms. The highest BCUT2D eigenvalue weighted by molar-refractivity contribution is 6.04. The first-order valence-electron chi connectivity index (χ1n) is 6.51. The summed E-state index contributed by atoms with van der Waals surface area (Å²) in [5, 5.41) is 13.5. The fraction of sp³-hybridized carbons (Fsp3) is 0.333. The van der Waals surface area contributed by atoms with Crippen LogP contribution in [-0.4, -0.2) is 22.6 Å². The highest BCUT2D eigenvalue weighted by Crippen LogP contribution is 2.38. The lowest BCUT2D eigenvalue weighted by Gasteiger charge is -2.12. The molecule has 1 aliphatic rings. The fourth-order valence-corrected chi connectivity index (χ4v) is 2.41. The molecule has 4 nitrogen and oxygen atoms in total. The Balaban J connectivity index is 2.01. The van der Waals surface area contributed by atoms with Gasteiger partial charge in [0.2, 0.25) is 0 Å². The summed E-state index contributed by atoms with van der Waals surface area (Å²) in [6.45, 7) is 3.05. The lowest BCUT2D eigenvalue weighted by Crippen LogP contribution is -2.10. The van der Waals surface area contributed by atoms with Gasteiger partial charge in [-0.3, -0.25) is 4.98 Å². The summed E-state index contributed by atoms with van der Waals surface area (Å²) < 4.78 is 0. The van der Waals surface area contributed by atoms with Crippen molar-refractivity contribution in [2.45, 2.75) is 13.3 Å². The molecule has 1 heterocycles. The van der Waals surface area contributed by atoms with Crippen molar-refractivity contribution in [2.24, 2.45) is 11.8 Å². The largest absolute Gasteiger partial charge is 0.478 e. The number of hydrogen-bond acceptors (Lipinski definition) is 3. The number of benzene rings is 1. The van der Waals surface area contributed by atoms with Crippen molar-refractivity contribution < 1.29 is 9.90 Å². The van der Waals surface area contributed by atoms with E-state index in [1.807, 2.05) is 24.3 Å². The number of carboxylic acids is 1. The first kappa shape index (κ1) is 12.0. The zero-order valence-corrected chi connectivity index (χ0v) is 10.8. The van der Waals surface area contributed by atoms with E-state index in [9.17, 15) is 9.90 Å². The number of nitrogens with zero attached hydrogens (tertiary/aromatic N) is 1. The Morgan fingerprint density at radius 1 is 1.47 bits per heavy atom. The highest BCUT2D eigenvalue weighted by Gasteiger charge is 2.32. The third-order valence-corrected chi connectivity index (χ3v) is 3.82. The molecule has 1 aromatic heterocycles. The van der Waals surface area contributed by atoms with E-state index in [-0.39, 0.29) is 5.56 Å². The number of carbonyl (C=O) groups is 1. The summed E-state index contributed by atoms with van der Waals surface area (Å²) in [7, 11) is 0. The Hall–Kier alpha value is -2.10. The molecule has 0 saturated heterocycles. The second-order valence-corrected chi connectivity index (χ2v) is 5.22. The van der Waals surface area contributed by atoms with Crippen LogP contribution in [0.25, 0.3) is 10.9 Å². The second kappa shape index (κ2) is 4.53. The van der Waals surface area contributed by atoms with Crippen LogP contribution >= 0.6 is 0 Å². The minimum atomic E-state index is -0.940. The Kier molecular flexibility index (Phi) is 2.85. The quantitative estimate of drug-likeness (QED) is 0.882. The van der Waals surface area contributed by atoms with Crippen LogP contribution in [-0.2, 0) is 0 Å². The predicted molar refractivity (Wildman–Crippen MR) is 74.5 cm³/mol. The fourth-order valence-electron chi connectivity index (χ4n) is 2.41. The molecule has 19 heavy (non-hydrogen) atoms. The second-order valence-electron chi connectivity index (χ2n) is 5.22. The van der Waals surface area contributed by atoms with Gasteiger partial charge < -0.3 is 10.4 Å². The Morgan fingerprint density at radius 3 is 2.89 bits per heavy atom. The number of pyridine rings is 1. The number of anilines is 1. The maximum absolute atomic E-state index is 11.3. The molecule has 1 aliphatic carbocycles. The molecule has 2 N–H and O–H groups in total. The molecule has 2 unspecified atom stereocenters. The average molecular weight is 256 g/mol. The molecular weight excluding hydrogens is 240 g/mol. The number of carboxylic acid groups (broad SMARTS) is 1. The van der Waals surface area contributed by atoms with Crippen molar-refractivity contribution in [1.82, 2.24) is 4.98 Å². The Labute approximate surface area is 111 Å². The molecule has 0 radical (unpaired) electrons. The normalized spacial score (nSPS) is 21.3. The maximum atomic E-state index is 11.3. The molecule has 1 saturated carbocycles. The minimum absolute atomic E-state index is 0.243. The minimum Gasteiger partial charge on any atom is -0.478 e. The standard InChI is InChI=1S/C15H16N2O2/c1-9-6-10(9)7-17-14-11-4-2-3-5-13(11)16-8-12(14)15(18)19/h2-5,8-10H,6-7H2,1H3,(H,16,17)(H,18,19). The van der Waals surface area contributed by atoms with Gasteiger partial charge in [-0.05, 0) is 24.3 Å². The van der Waals surface area contributed by atoms with Crippen molar-refractivity contribution in [3.05, 3.63) is 36.0 Å². The molecule has 3 rings (SSSR count). The molecule has 0 amide bonds. The van der Waals surface area contributed by atoms with Gasteiger partial charge in [-0.1, -0.05) is 25.1 Å². The van der Waals surface area contributed by atoms with Gasteiger partial charge in [-0.25, -0.2) is 4.79 Å². The SMILES string of the molecule is CC1CC1CNc1c(C(=O)O)cnc2ccccc12. The van der Waals surface area contributed by atoms with E-state index < -0.39 is 5.97 Å². The van der Waals surface area contributed by atoms with Gasteiger partial charge in [0.1, 0.15) is 5.56 Å². The first-order chi connectivity index (χ1) is 9.16. The number of aromatic carboxylic acids is 1. The van der Waals surface area contributed by atoms with Crippen LogP contribution in [0.3, 0.4) is 0 Å². The topological polar surface area (TPSA) is 62.2 Å². The number of hydrogen-bond donors (Lipinski definition) is 2. The maximum Gasteiger partial charge on any atom is 0.339 e. The number of nitrogens with one attached hydrogen (secondary N) is 1. The van der Waals surface area contributed by atoms with Gasteiger partial charge in [0.25, 0.3) is 0 Å². The number of fused-ring (bicyclic) bond motifs is 1. The molecule has 0 aliphatic heterocycles. The van der Waals surface area contributed by atoms with E-state index in [0.29, 0.717) is 11.6 Å². The van der Waals surface area contributed by atoms with E-state index in [1.54, 1.807) is 0 Å². The Bertz CT molecular complexity index is 639. The molecule has 0 bridgehead atoms. The van der Waals surface area contributed by atoms with Crippen LogP contribution in [0.5, 0.6) is 0 Å². The third kappa shape index (κ3) is 2.26. The van der Waals surface area contributed by atoms with Crippen molar-refractivity contribution in [2.75, 3.05) is 11.9 Å². The van der Waals surface area contributed by atoms with Crippen LogP contribution in [0.15, 0.2) is 30.5 Å². The van der Waals surface area contributed by atoms with Gasteiger partial charge in [0.15, 0.2) is 0 Å². The summed E-state index contributed by atoms with van der Waals surface area (Å²) >= 11 is 0. The predicted octanol–water partition coefficient (Wildman–Crippen LogP) is 3.00. The van der Waals surface area contributed by atoms with Crippen molar-refractivity contribution in [3.8, 4) is 0 Å². The van der Waals surface area contributed by atoms with Gasteiger partial charge in [-0.2, -0.15) is 0 Å².